The van der Waals surface area contributed by atoms with Crippen molar-refractivity contribution in [1.82, 2.24) is 0 Å². The van der Waals surface area contributed by atoms with Crippen molar-refractivity contribution in [1.29, 1.82) is 0 Å². The Morgan fingerprint density at radius 1 is 0.593 bits per heavy atom. The van der Waals surface area contributed by atoms with Crippen molar-refractivity contribution >= 4 is 40.0 Å². The molecule has 0 aliphatic rings. The zero-order chi connectivity index (χ0) is 18.2. The first-order valence-electron chi connectivity index (χ1n) is 9.02. The Labute approximate surface area is 157 Å². The van der Waals surface area contributed by atoms with E-state index >= 15 is 0 Å². The first-order chi connectivity index (χ1) is 13.3. The van der Waals surface area contributed by atoms with E-state index in [0.29, 0.717) is 5.75 Å². The maximum Gasteiger partial charge on any atom is 0.504 e. The summed E-state index contributed by atoms with van der Waals surface area (Å²) in [5.41, 5.74) is 2.39. The van der Waals surface area contributed by atoms with Gasteiger partial charge < -0.3 is 9.68 Å². The average Bonchev–Trinajstić information content (AvgIpc) is 2.73. The number of hydrogen-bond donors (Lipinski definition) is 1. The molecule has 0 aliphatic heterocycles. The standard InChI is InChI=1S/C24H17BO2/c26-25-27-20-12-11-16-9-10-18(13-19(16)14-20)24-15-17-5-1-2-6-21(17)22-7-3-4-8-23(22)24/h1-15,25-26H. The van der Waals surface area contributed by atoms with Gasteiger partial charge in [0.2, 0.25) is 0 Å². The Morgan fingerprint density at radius 3 is 2.19 bits per heavy atom. The summed E-state index contributed by atoms with van der Waals surface area (Å²) in [5, 5.41) is 16.3. The van der Waals surface area contributed by atoms with Crippen molar-refractivity contribution in [3.63, 3.8) is 0 Å². The van der Waals surface area contributed by atoms with Crippen LogP contribution in [0.15, 0.2) is 91.0 Å². The molecular formula is C24H17BO2. The van der Waals surface area contributed by atoms with Gasteiger partial charge in [0.25, 0.3) is 0 Å². The van der Waals surface area contributed by atoms with Crippen LogP contribution in [0.3, 0.4) is 0 Å². The smallest absolute Gasteiger partial charge is 0.504 e. The van der Waals surface area contributed by atoms with E-state index in [1.807, 2.05) is 18.2 Å². The molecule has 2 nitrogen and oxygen atoms in total. The molecule has 3 heteroatoms. The topological polar surface area (TPSA) is 29.5 Å². The van der Waals surface area contributed by atoms with Crippen LogP contribution < -0.4 is 4.65 Å². The third-order valence-corrected chi connectivity index (χ3v) is 5.12. The average molecular weight is 348 g/mol. The van der Waals surface area contributed by atoms with Crippen molar-refractivity contribution in [3.05, 3.63) is 91.0 Å². The fourth-order valence-electron chi connectivity index (χ4n) is 3.85. The minimum absolute atomic E-state index is 0.319. The van der Waals surface area contributed by atoms with Crippen LogP contribution in [-0.2, 0) is 0 Å². The summed E-state index contributed by atoms with van der Waals surface area (Å²) in [7, 11) is -0.319. The van der Waals surface area contributed by atoms with E-state index in [1.165, 1.54) is 32.7 Å². The maximum absolute atomic E-state index is 9.02. The Morgan fingerprint density at radius 2 is 1.33 bits per heavy atom. The molecule has 0 spiro atoms. The number of fused-ring (bicyclic) bond motifs is 4. The molecule has 0 heterocycles. The summed E-state index contributed by atoms with van der Waals surface area (Å²) in [6.07, 6.45) is 0. The van der Waals surface area contributed by atoms with Crippen molar-refractivity contribution in [2.45, 2.75) is 0 Å². The number of rotatable bonds is 3. The fourth-order valence-corrected chi connectivity index (χ4v) is 3.85. The first-order valence-corrected chi connectivity index (χ1v) is 9.02. The van der Waals surface area contributed by atoms with E-state index in [1.54, 1.807) is 0 Å². The third kappa shape index (κ3) is 2.73. The zero-order valence-electron chi connectivity index (χ0n) is 14.7. The van der Waals surface area contributed by atoms with Gasteiger partial charge in [-0.15, -0.1) is 0 Å². The van der Waals surface area contributed by atoms with Gasteiger partial charge in [0.15, 0.2) is 0 Å². The van der Waals surface area contributed by atoms with Crippen molar-refractivity contribution < 1.29 is 9.68 Å². The molecule has 0 saturated heterocycles. The van der Waals surface area contributed by atoms with Gasteiger partial charge in [-0.1, -0.05) is 66.7 Å². The van der Waals surface area contributed by atoms with E-state index in [-0.39, 0.29) is 7.69 Å². The first kappa shape index (κ1) is 15.9. The highest BCUT2D eigenvalue weighted by molar-refractivity contribution is 6.17. The SMILES string of the molecule is OBOc1ccc2ccc(-c3cc4ccccc4c4ccccc34)cc2c1. The van der Waals surface area contributed by atoms with Crippen molar-refractivity contribution in [2.24, 2.45) is 0 Å². The lowest BCUT2D eigenvalue weighted by molar-refractivity contribution is 0.454. The third-order valence-electron chi connectivity index (χ3n) is 5.12. The van der Waals surface area contributed by atoms with Crippen LogP contribution in [0.1, 0.15) is 0 Å². The van der Waals surface area contributed by atoms with Crippen LogP contribution in [0.5, 0.6) is 5.75 Å². The lowest BCUT2D eigenvalue weighted by Crippen LogP contribution is -1.99. The quantitative estimate of drug-likeness (QED) is 0.347. The summed E-state index contributed by atoms with van der Waals surface area (Å²) in [6, 6.07) is 31.7. The van der Waals surface area contributed by atoms with Crippen LogP contribution in [0.25, 0.3) is 43.4 Å². The predicted molar refractivity (Wildman–Crippen MR) is 114 cm³/mol. The van der Waals surface area contributed by atoms with Gasteiger partial charge in [-0.3, -0.25) is 0 Å². The van der Waals surface area contributed by atoms with Gasteiger partial charge in [-0.05, 0) is 67.7 Å². The fraction of sp³-hybridized carbons (Fsp3) is 0. The highest BCUT2D eigenvalue weighted by Gasteiger charge is 2.09. The van der Waals surface area contributed by atoms with E-state index in [4.69, 9.17) is 9.68 Å². The highest BCUT2D eigenvalue weighted by Crippen LogP contribution is 2.36. The molecule has 5 aromatic rings. The molecule has 0 aromatic heterocycles. The normalized spacial score (nSPS) is 11.1. The molecule has 0 aliphatic carbocycles. The second-order valence-corrected chi connectivity index (χ2v) is 6.69. The van der Waals surface area contributed by atoms with Crippen molar-refractivity contribution in [2.75, 3.05) is 0 Å². The number of benzene rings is 5. The molecule has 5 aromatic carbocycles. The van der Waals surface area contributed by atoms with Crippen molar-refractivity contribution in [3.8, 4) is 16.9 Å². The lowest BCUT2D eigenvalue weighted by atomic mass is 9.92. The largest absolute Gasteiger partial charge is 0.539 e. The summed E-state index contributed by atoms with van der Waals surface area (Å²) in [5.74, 6) is 0.672. The highest BCUT2D eigenvalue weighted by atomic mass is 16.5. The molecule has 5 rings (SSSR count). The van der Waals surface area contributed by atoms with Crippen LogP contribution in [0, 0.1) is 0 Å². The van der Waals surface area contributed by atoms with Gasteiger partial charge in [0.05, 0.1) is 0 Å². The van der Waals surface area contributed by atoms with Gasteiger partial charge in [0.1, 0.15) is 5.75 Å². The maximum atomic E-state index is 9.02. The molecule has 27 heavy (non-hydrogen) atoms. The van der Waals surface area contributed by atoms with E-state index < -0.39 is 0 Å². The van der Waals surface area contributed by atoms with Gasteiger partial charge in [-0.2, -0.15) is 0 Å². The van der Waals surface area contributed by atoms with Crippen LogP contribution in [-0.4, -0.2) is 12.7 Å². The molecule has 0 unspecified atom stereocenters. The van der Waals surface area contributed by atoms with E-state index in [0.717, 1.165) is 10.8 Å². The van der Waals surface area contributed by atoms with Crippen LogP contribution in [0.4, 0.5) is 0 Å². The molecule has 128 valence electrons. The zero-order valence-corrected chi connectivity index (χ0v) is 14.7. The summed E-state index contributed by atoms with van der Waals surface area (Å²) in [6.45, 7) is 0. The minimum atomic E-state index is -0.319. The molecule has 0 radical (unpaired) electrons. The van der Waals surface area contributed by atoms with Gasteiger partial charge in [0, 0.05) is 0 Å². The minimum Gasteiger partial charge on any atom is -0.539 e. The molecule has 1 N–H and O–H groups in total. The monoisotopic (exact) mass is 348 g/mol. The molecule has 0 fully saturated rings. The Balaban J connectivity index is 1.79. The molecule has 0 atom stereocenters. The second kappa shape index (κ2) is 6.46. The van der Waals surface area contributed by atoms with E-state index in [2.05, 4.69) is 72.8 Å². The number of hydrogen-bond acceptors (Lipinski definition) is 2. The summed E-state index contributed by atoms with van der Waals surface area (Å²) in [4.78, 5) is 0. The Kier molecular flexibility index (Phi) is 3.81. The Hall–Kier alpha value is -3.30. The Bertz CT molecular complexity index is 1290. The summed E-state index contributed by atoms with van der Waals surface area (Å²) < 4.78 is 5.24. The van der Waals surface area contributed by atoms with Gasteiger partial charge in [-0.25, -0.2) is 0 Å². The second-order valence-electron chi connectivity index (χ2n) is 6.69. The predicted octanol–water partition coefficient (Wildman–Crippen LogP) is 5.45. The van der Waals surface area contributed by atoms with Gasteiger partial charge >= 0.3 is 7.69 Å². The molecule has 0 amide bonds. The molecule has 0 saturated carbocycles. The van der Waals surface area contributed by atoms with Crippen LogP contribution >= 0.6 is 0 Å². The van der Waals surface area contributed by atoms with Crippen LogP contribution in [0.2, 0.25) is 0 Å². The van der Waals surface area contributed by atoms with E-state index in [9.17, 15) is 0 Å². The molecule has 0 bridgehead atoms. The molecular weight excluding hydrogens is 331 g/mol. The summed E-state index contributed by atoms with van der Waals surface area (Å²) >= 11 is 0. The lowest BCUT2D eigenvalue weighted by Gasteiger charge is -2.12.